The molecule has 0 rings (SSSR count). The van der Waals surface area contributed by atoms with Crippen LogP contribution >= 0.6 is 0 Å². The summed E-state index contributed by atoms with van der Waals surface area (Å²) in [5.41, 5.74) is 10.4. The van der Waals surface area contributed by atoms with E-state index in [1.807, 2.05) is 0 Å². The summed E-state index contributed by atoms with van der Waals surface area (Å²) >= 11 is -1.00. The monoisotopic (exact) mass is 315 g/mol. The molecule has 60 valence electrons. The zero-order chi connectivity index (χ0) is 7.71. The minimum atomic E-state index is -1.28. The van der Waals surface area contributed by atoms with Crippen molar-refractivity contribution in [2.45, 2.75) is 22.1 Å². The first-order valence-corrected chi connectivity index (χ1v) is 4.61. The first kappa shape index (κ1) is 9.53. The molecule has 0 bridgehead atoms. The maximum absolute atomic E-state index is 8.94. The van der Waals surface area contributed by atoms with Crippen LogP contribution in [0.2, 0.25) is 0 Å². The average molecular weight is 315 g/mol. The molecule has 0 aliphatic rings. The second kappa shape index (κ2) is 2.64. The third kappa shape index (κ3) is 8.53. The quantitative estimate of drug-likeness (QED) is 0.458. The number of hydrogen-bond acceptors (Lipinski definition) is 4. The van der Waals surface area contributed by atoms with Crippen molar-refractivity contribution in [2.75, 3.05) is 0 Å². The van der Waals surface area contributed by atoms with E-state index in [1.165, 1.54) is 13.8 Å². The molecule has 0 fully saturated rings. The van der Waals surface area contributed by atoms with Crippen molar-refractivity contribution in [1.29, 1.82) is 0 Å². The molecule has 0 aliphatic carbocycles. The molecule has 2 unspecified atom stereocenters. The molecule has 6 N–H and O–H groups in total. The molecule has 0 radical (unpaired) electrons. The molecule has 0 heterocycles. The molecule has 0 saturated carbocycles. The Balaban J connectivity index is 3.75. The summed E-state index contributed by atoms with van der Waals surface area (Å²) in [7, 11) is 0. The Labute approximate surface area is 62.8 Å². The minimum absolute atomic E-state index is 1.00. The molecule has 0 amide bonds. The van der Waals surface area contributed by atoms with Gasteiger partial charge in [0.05, 0.1) is 0 Å². The third-order valence-corrected chi connectivity index (χ3v) is 2.62. The van der Waals surface area contributed by atoms with E-state index in [9.17, 15) is 0 Å². The standard InChI is InChI=1S/2C2H6NO.Pt/c2*1-2(3)4;/h2*4H,3H2,1H3;. The Morgan fingerprint density at radius 1 is 1.11 bits per heavy atom. The van der Waals surface area contributed by atoms with Gasteiger partial charge in [0.15, 0.2) is 0 Å². The van der Waals surface area contributed by atoms with Crippen LogP contribution in [0.15, 0.2) is 0 Å². The number of rotatable bonds is 2. The van der Waals surface area contributed by atoms with Gasteiger partial charge in [0.2, 0.25) is 0 Å². The summed E-state index contributed by atoms with van der Waals surface area (Å²) in [6.07, 6.45) is 0. The van der Waals surface area contributed by atoms with Gasteiger partial charge in [-0.3, -0.25) is 0 Å². The van der Waals surface area contributed by atoms with Crippen molar-refractivity contribution >= 4 is 0 Å². The van der Waals surface area contributed by atoms with Gasteiger partial charge in [0.25, 0.3) is 0 Å². The number of nitrogens with two attached hydrogens (primary N) is 2. The van der Waals surface area contributed by atoms with Crippen LogP contribution in [0.1, 0.15) is 13.8 Å². The predicted octanol–water partition coefficient (Wildman–Crippen LogP) is -1.68. The molecular weight excluding hydrogens is 303 g/mol. The van der Waals surface area contributed by atoms with Gasteiger partial charge in [0.1, 0.15) is 0 Å². The molecule has 0 aliphatic heterocycles. The second-order valence-electron chi connectivity index (χ2n) is 2.00. The van der Waals surface area contributed by atoms with Crippen molar-refractivity contribution < 1.29 is 28.8 Å². The van der Waals surface area contributed by atoms with Crippen molar-refractivity contribution in [1.82, 2.24) is 0 Å². The van der Waals surface area contributed by atoms with Gasteiger partial charge in [-0.2, -0.15) is 0 Å². The molecule has 2 atom stereocenters. The van der Waals surface area contributed by atoms with Crippen LogP contribution in [0.25, 0.3) is 0 Å². The summed E-state index contributed by atoms with van der Waals surface area (Å²) in [6.45, 7) is 2.87. The van der Waals surface area contributed by atoms with E-state index in [0.717, 1.165) is 0 Å². The molecule has 0 aromatic rings. The third-order valence-electron chi connectivity index (χ3n) is 0.320. The molecule has 9 heavy (non-hydrogen) atoms. The van der Waals surface area contributed by atoms with E-state index >= 15 is 0 Å². The van der Waals surface area contributed by atoms with Crippen LogP contribution in [0.3, 0.4) is 0 Å². The van der Waals surface area contributed by atoms with Gasteiger partial charge in [-0.25, -0.2) is 0 Å². The van der Waals surface area contributed by atoms with Crippen molar-refractivity contribution in [3.8, 4) is 0 Å². The predicted molar refractivity (Wildman–Crippen MR) is 29.6 cm³/mol. The fraction of sp³-hybridized carbons (Fsp3) is 1.00. The van der Waals surface area contributed by atoms with E-state index in [0.29, 0.717) is 0 Å². The molecule has 0 aromatic carbocycles. The van der Waals surface area contributed by atoms with E-state index in [2.05, 4.69) is 0 Å². The average Bonchev–Trinajstić information content (AvgIpc) is 1.14. The number of aliphatic hydroxyl groups is 2. The van der Waals surface area contributed by atoms with Crippen LogP contribution in [-0.4, -0.2) is 18.4 Å². The van der Waals surface area contributed by atoms with Crippen LogP contribution in [0.4, 0.5) is 0 Å². The summed E-state index contributed by atoms with van der Waals surface area (Å²) in [5.74, 6) is 0. The Kier molecular flexibility index (Phi) is 2.80. The van der Waals surface area contributed by atoms with Crippen LogP contribution in [0, 0.1) is 0 Å². The molecule has 0 aromatic heterocycles. The number of hydrogen-bond donors (Lipinski definition) is 4. The zero-order valence-corrected chi connectivity index (χ0v) is 7.64. The first-order chi connectivity index (χ1) is 3.71. The van der Waals surface area contributed by atoms with Crippen LogP contribution in [-0.2, 0) is 18.6 Å². The molecule has 0 spiro atoms. The van der Waals surface area contributed by atoms with E-state index in [1.54, 1.807) is 0 Å². The Morgan fingerprint density at radius 3 is 1.33 bits per heavy atom. The van der Waals surface area contributed by atoms with E-state index < -0.39 is 26.8 Å². The normalized spacial score (nSPS) is 25.1. The Bertz CT molecular complexity index is 81.7. The maximum atomic E-state index is 8.94. The van der Waals surface area contributed by atoms with Gasteiger partial charge < -0.3 is 0 Å². The molecule has 4 nitrogen and oxygen atoms in total. The van der Waals surface area contributed by atoms with Crippen molar-refractivity contribution in [2.24, 2.45) is 11.5 Å². The molecule has 0 saturated heterocycles. The Hall–Kier alpha value is 0.528. The van der Waals surface area contributed by atoms with Crippen LogP contribution < -0.4 is 11.5 Å². The Morgan fingerprint density at radius 2 is 1.33 bits per heavy atom. The van der Waals surface area contributed by atoms with Crippen LogP contribution in [0.5, 0.6) is 0 Å². The zero-order valence-electron chi connectivity index (χ0n) is 5.37. The summed E-state index contributed by atoms with van der Waals surface area (Å²) < 4.78 is -2.56. The topological polar surface area (TPSA) is 92.5 Å². The van der Waals surface area contributed by atoms with Crippen molar-refractivity contribution in [3.63, 3.8) is 0 Å². The summed E-state index contributed by atoms with van der Waals surface area (Å²) in [5, 5.41) is 17.9. The summed E-state index contributed by atoms with van der Waals surface area (Å²) in [4.78, 5) is 0. The molecule has 5 heteroatoms. The molecular formula is C4H12N2O2Pt. The second-order valence-corrected chi connectivity index (χ2v) is 7.17. The van der Waals surface area contributed by atoms with Gasteiger partial charge in [-0.15, -0.1) is 0 Å². The van der Waals surface area contributed by atoms with E-state index in [-0.39, 0.29) is 0 Å². The van der Waals surface area contributed by atoms with E-state index in [4.69, 9.17) is 21.7 Å². The SMILES string of the molecule is C[C](N)(O)[Pt][C](C)(N)O. The van der Waals surface area contributed by atoms with Gasteiger partial charge in [-0.1, -0.05) is 0 Å². The summed E-state index contributed by atoms with van der Waals surface area (Å²) in [6, 6.07) is 0. The van der Waals surface area contributed by atoms with Gasteiger partial charge >= 0.3 is 62.3 Å². The fourth-order valence-electron chi connectivity index (χ4n) is 0.324. The van der Waals surface area contributed by atoms with Crippen molar-refractivity contribution in [3.05, 3.63) is 0 Å². The fourth-order valence-corrected chi connectivity index (χ4v) is 2.65. The van der Waals surface area contributed by atoms with Gasteiger partial charge in [0, 0.05) is 0 Å². The van der Waals surface area contributed by atoms with Gasteiger partial charge in [-0.05, 0) is 0 Å². The first-order valence-electron chi connectivity index (χ1n) is 2.34.